The highest BCUT2D eigenvalue weighted by molar-refractivity contribution is 5.79. The molecule has 0 aliphatic rings. The maximum atomic E-state index is 12.1. The Morgan fingerprint density at radius 3 is 2.32 bits per heavy atom. The van der Waals surface area contributed by atoms with Crippen LogP contribution in [0.15, 0.2) is 54.6 Å². The minimum absolute atomic E-state index is 0.0757. The third kappa shape index (κ3) is 3.12. The average Bonchev–Trinajstić information content (AvgIpc) is 2.55. The summed E-state index contributed by atoms with van der Waals surface area (Å²) in [5.41, 5.74) is 0.367. The van der Waals surface area contributed by atoms with E-state index in [0.717, 1.165) is 0 Å². The SMILES string of the molecule is COC(=O)C(c1ccccc1)C(O)c1ccccc1[N+](=O)[O-]. The molecule has 0 amide bonds. The molecule has 0 saturated carbocycles. The van der Waals surface area contributed by atoms with Crippen molar-refractivity contribution >= 4 is 11.7 Å². The van der Waals surface area contributed by atoms with Crippen molar-refractivity contribution in [2.45, 2.75) is 12.0 Å². The highest BCUT2D eigenvalue weighted by atomic mass is 16.6. The van der Waals surface area contributed by atoms with Crippen LogP contribution in [0.5, 0.6) is 0 Å². The van der Waals surface area contributed by atoms with Crippen LogP contribution >= 0.6 is 0 Å². The third-order valence-corrected chi connectivity index (χ3v) is 3.38. The number of carbonyl (C=O) groups is 1. The molecule has 0 saturated heterocycles. The number of benzene rings is 2. The van der Waals surface area contributed by atoms with Crippen LogP contribution in [0.2, 0.25) is 0 Å². The molecule has 0 bridgehead atoms. The zero-order chi connectivity index (χ0) is 16.1. The lowest BCUT2D eigenvalue weighted by Gasteiger charge is -2.21. The van der Waals surface area contributed by atoms with E-state index in [2.05, 4.69) is 0 Å². The molecule has 6 heteroatoms. The summed E-state index contributed by atoms with van der Waals surface area (Å²) in [6.07, 6.45) is -1.38. The topological polar surface area (TPSA) is 89.7 Å². The molecule has 2 atom stereocenters. The first-order valence-corrected chi connectivity index (χ1v) is 6.60. The fraction of sp³-hybridized carbons (Fsp3) is 0.188. The highest BCUT2D eigenvalue weighted by Gasteiger charge is 2.34. The number of rotatable bonds is 5. The van der Waals surface area contributed by atoms with Crippen LogP contribution in [0.1, 0.15) is 23.1 Å². The molecule has 0 fully saturated rings. The first-order chi connectivity index (χ1) is 10.6. The Balaban J connectivity index is 2.49. The summed E-state index contributed by atoms with van der Waals surface area (Å²) in [4.78, 5) is 22.6. The van der Waals surface area contributed by atoms with E-state index in [1.807, 2.05) is 0 Å². The summed E-state index contributed by atoms with van der Waals surface area (Å²) in [6.45, 7) is 0. The zero-order valence-electron chi connectivity index (χ0n) is 11.9. The molecule has 114 valence electrons. The number of ether oxygens (including phenoxy) is 1. The predicted molar refractivity (Wildman–Crippen MR) is 79.3 cm³/mol. The van der Waals surface area contributed by atoms with Crippen LogP contribution in [0.4, 0.5) is 5.69 Å². The summed E-state index contributed by atoms with van der Waals surface area (Å²) in [7, 11) is 1.21. The molecule has 2 aromatic carbocycles. The average molecular weight is 301 g/mol. The fourth-order valence-corrected chi connectivity index (χ4v) is 2.32. The van der Waals surface area contributed by atoms with Crippen LogP contribution < -0.4 is 0 Å². The van der Waals surface area contributed by atoms with Gasteiger partial charge < -0.3 is 9.84 Å². The van der Waals surface area contributed by atoms with Gasteiger partial charge in [0, 0.05) is 6.07 Å². The summed E-state index contributed by atoms with van der Waals surface area (Å²) >= 11 is 0. The summed E-state index contributed by atoms with van der Waals surface area (Å²) in [5.74, 6) is -1.69. The normalized spacial score (nSPS) is 13.2. The first-order valence-electron chi connectivity index (χ1n) is 6.60. The number of nitro groups is 1. The van der Waals surface area contributed by atoms with E-state index in [4.69, 9.17) is 4.74 Å². The molecule has 0 spiro atoms. The molecule has 0 heterocycles. The minimum Gasteiger partial charge on any atom is -0.468 e. The summed E-state index contributed by atoms with van der Waals surface area (Å²) in [6, 6.07) is 14.3. The predicted octanol–water partition coefficient (Wildman–Crippen LogP) is 2.59. The summed E-state index contributed by atoms with van der Waals surface area (Å²) in [5, 5.41) is 21.7. The lowest BCUT2D eigenvalue weighted by molar-refractivity contribution is -0.386. The Bertz CT molecular complexity index is 671. The van der Waals surface area contributed by atoms with E-state index >= 15 is 0 Å². The number of para-hydroxylation sites is 1. The van der Waals surface area contributed by atoms with Crippen molar-refractivity contribution in [2.24, 2.45) is 0 Å². The van der Waals surface area contributed by atoms with Crippen LogP contribution in [0.3, 0.4) is 0 Å². The molecule has 1 N–H and O–H groups in total. The van der Waals surface area contributed by atoms with Crippen molar-refractivity contribution in [3.63, 3.8) is 0 Å². The van der Waals surface area contributed by atoms with E-state index in [-0.39, 0.29) is 11.3 Å². The van der Waals surface area contributed by atoms with Gasteiger partial charge in [0.2, 0.25) is 0 Å². The molecule has 2 rings (SSSR count). The molecular formula is C16H15NO5. The van der Waals surface area contributed by atoms with Crippen molar-refractivity contribution in [1.29, 1.82) is 0 Å². The Morgan fingerprint density at radius 1 is 1.14 bits per heavy atom. The number of hydrogen-bond acceptors (Lipinski definition) is 5. The molecule has 0 aliphatic heterocycles. The molecule has 0 aromatic heterocycles. The number of esters is 1. The monoisotopic (exact) mass is 301 g/mol. The van der Waals surface area contributed by atoms with Gasteiger partial charge in [0.25, 0.3) is 5.69 Å². The van der Waals surface area contributed by atoms with Crippen LogP contribution in [-0.2, 0) is 9.53 Å². The number of carbonyl (C=O) groups excluding carboxylic acids is 1. The third-order valence-electron chi connectivity index (χ3n) is 3.38. The number of hydrogen-bond donors (Lipinski definition) is 1. The number of methoxy groups -OCH3 is 1. The Hall–Kier alpha value is -2.73. The second-order valence-corrected chi connectivity index (χ2v) is 4.67. The van der Waals surface area contributed by atoms with Crippen molar-refractivity contribution in [3.8, 4) is 0 Å². The van der Waals surface area contributed by atoms with Gasteiger partial charge in [-0.05, 0) is 11.6 Å². The van der Waals surface area contributed by atoms with E-state index in [0.29, 0.717) is 5.56 Å². The second-order valence-electron chi connectivity index (χ2n) is 4.67. The minimum atomic E-state index is -1.38. The van der Waals surface area contributed by atoms with Crippen LogP contribution in [-0.4, -0.2) is 23.1 Å². The Morgan fingerprint density at radius 2 is 1.73 bits per heavy atom. The molecule has 6 nitrogen and oxygen atoms in total. The fourth-order valence-electron chi connectivity index (χ4n) is 2.32. The molecule has 2 aromatic rings. The maximum Gasteiger partial charge on any atom is 0.316 e. The Labute approximate surface area is 127 Å². The van der Waals surface area contributed by atoms with Crippen LogP contribution in [0.25, 0.3) is 0 Å². The van der Waals surface area contributed by atoms with Crippen molar-refractivity contribution in [1.82, 2.24) is 0 Å². The zero-order valence-corrected chi connectivity index (χ0v) is 11.9. The van der Waals surface area contributed by atoms with E-state index < -0.39 is 22.9 Å². The van der Waals surface area contributed by atoms with E-state index in [9.17, 15) is 20.0 Å². The highest BCUT2D eigenvalue weighted by Crippen LogP contribution is 2.36. The lowest BCUT2D eigenvalue weighted by atomic mass is 9.88. The molecular weight excluding hydrogens is 286 g/mol. The number of aliphatic hydroxyl groups excluding tert-OH is 1. The van der Waals surface area contributed by atoms with Crippen LogP contribution in [0, 0.1) is 10.1 Å². The van der Waals surface area contributed by atoms with Crippen molar-refractivity contribution < 1.29 is 19.6 Å². The quantitative estimate of drug-likeness (QED) is 0.521. The van der Waals surface area contributed by atoms with E-state index in [1.54, 1.807) is 36.4 Å². The van der Waals surface area contributed by atoms with E-state index in [1.165, 1.54) is 25.3 Å². The number of aliphatic hydroxyl groups is 1. The summed E-state index contributed by atoms with van der Waals surface area (Å²) < 4.78 is 4.74. The first kappa shape index (κ1) is 15.7. The van der Waals surface area contributed by atoms with Gasteiger partial charge in [0.1, 0.15) is 12.0 Å². The molecule has 0 radical (unpaired) electrons. The molecule has 22 heavy (non-hydrogen) atoms. The van der Waals surface area contributed by atoms with Crippen molar-refractivity contribution in [3.05, 3.63) is 75.8 Å². The van der Waals surface area contributed by atoms with Gasteiger partial charge in [0.05, 0.1) is 17.6 Å². The molecule has 2 unspecified atom stereocenters. The smallest absolute Gasteiger partial charge is 0.316 e. The number of nitrogens with zero attached hydrogens (tertiary/aromatic N) is 1. The Kier molecular flexibility index (Phi) is 4.85. The largest absolute Gasteiger partial charge is 0.468 e. The van der Waals surface area contributed by atoms with Gasteiger partial charge in [-0.2, -0.15) is 0 Å². The van der Waals surface area contributed by atoms with Gasteiger partial charge in [-0.15, -0.1) is 0 Å². The standard InChI is InChI=1S/C16H15NO5/c1-22-16(19)14(11-7-3-2-4-8-11)15(18)12-9-5-6-10-13(12)17(20)21/h2-10,14-15,18H,1H3. The maximum absolute atomic E-state index is 12.1. The van der Waals surface area contributed by atoms with Gasteiger partial charge in [-0.1, -0.05) is 42.5 Å². The van der Waals surface area contributed by atoms with Gasteiger partial charge in [-0.25, -0.2) is 0 Å². The second kappa shape index (κ2) is 6.82. The lowest BCUT2D eigenvalue weighted by Crippen LogP contribution is -2.22. The number of nitro benzene ring substituents is 1. The van der Waals surface area contributed by atoms with Gasteiger partial charge in [0.15, 0.2) is 0 Å². The molecule has 0 aliphatic carbocycles. The van der Waals surface area contributed by atoms with Gasteiger partial charge >= 0.3 is 5.97 Å². The van der Waals surface area contributed by atoms with Gasteiger partial charge in [-0.3, -0.25) is 14.9 Å². The van der Waals surface area contributed by atoms with Crippen molar-refractivity contribution in [2.75, 3.05) is 7.11 Å².